The fraction of sp³-hybridized carbons (Fsp3) is 0.125. The summed E-state index contributed by atoms with van der Waals surface area (Å²) in [6, 6.07) is 9.17. The molecule has 0 aliphatic carbocycles. The molecule has 0 spiro atoms. The van der Waals surface area contributed by atoms with Gasteiger partial charge in [0.05, 0.1) is 12.8 Å². The van der Waals surface area contributed by atoms with E-state index in [0.29, 0.717) is 18.1 Å². The zero-order valence-electron chi connectivity index (χ0n) is 11.5. The van der Waals surface area contributed by atoms with E-state index in [0.717, 1.165) is 10.0 Å². The van der Waals surface area contributed by atoms with E-state index in [1.807, 2.05) is 24.3 Å². The molecule has 0 fully saturated rings. The molecule has 5 heteroatoms. The number of benzene rings is 1. The van der Waals surface area contributed by atoms with Crippen molar-refractivity contribution in [1.82, 2.24) is 4.98 Å². The highest BCUT2D eigenvalue weighted by atomic mass is 79.9. The van der Waals surface area contributed by atoms with Crippen molar-refractivity contribution in [1.29, 1.82) is 0 Å². The van der Waals surface area contributed by atoms with Crippen molar-refractivity contribution in [2.75, 3.05) is 6.61 Å². The summed E-state index contributed by atoms with van der Waals surface area (Å²) in [5, 5.41) is 0. The van der Waals surface area contributed by atoms with Crippen LogP contribution in [0.3, 0.4) is 0 Å². The summed E-state index contributed by atoms with van der Waals surface area (Å²) in [6.07, 6.45) is 6.38. The summed E-state index contributed by atoms with van der Waals surface area (Å²) < 4.78 is 11.4. The van der Waals surface area contributed by atoms with Crippen molar-refractivity contribution in [3.63, 3.8) is 0 Å². The smallest absolute Gasteiger partial charge is 0.330 e. The van der Waals surface area contributed by atoms with Crippen LogP contribution < -0.4 is 4.74 Å². The Hall–Kier alpha value is -2.14. The molecule has 4 nitrogen and oxygen atoms in total. The fourth-order valence-electron chi connectivity index (χ4n) is 1.64. The van der Waals surface area contributed by atoms with Crippen LogP contribution in [0.15, 0.2) is 53.3 Å². The zero-order valence-corrected chi connectivity index (χ0v) is 13.0. The highest BCUT2D eigenvalue weighted by molar-refractivity contribution is 9.10. The quantitative estimate of drug-likeness (QED) is 0.600. The second-order valence-electron chi connectivity index (χ2n) is 4.10. The minimum atomic E-state index is -0.368. The monoisotopic (exact) mass is 347 g/mol. The lowest BCUT2D eigenvalue weighted by molar-refractivity contribution is -0.137. The summed E-state index contributed by atoms with van der Waals surface area (Å²) in [5.41, 5.74) is 0.830. The predicted molar refractivity (Wildman–Crippen MR) is 84.1 cm³/mol. The SMILES string of the molecule is CCOC(=O)C=Cc1cc(Br)cc(Oc2cccnc2)c1. The van der Waals surface area contributed by atoms with Crippen molar-refractivity contribution in [2.24, 2.45) is 0 Å². The summed E-state index contributed by atoms with van der Waals surface area (Å²) in [4.78, 5) is 15.3. The van der Waals surface area contributed by atoms with Gasteiger partial charge in [0, 0.05) is 16.7 Å². The molecule has 0 bridgehead atoms. The van der Waals surface area contributed by atoms with Gasteiger partial charge >= 0.3 is 5.97 Å². The summed E-state index contributed by atoms with van der Waals surface area (Å²) in [6.45, 7) is 2.13. The van der Waals surface area contributed by atoms with E-state index in [9.17, 15) is 4.79 Å². The number of carbonyl (C=O) groups is 1. The van der Waals surface area contributed by atoms with Gasteiger partial charge in [-0.2, -0.15) is 0 Å². The number of halogens is 1. The topological polar surface area (TPSA) is 48.4 Å². The van der Waals surface area contributed by atoms with Crippen LogP contribution in [0.5, 0.6) is 11.5 Å². The molecule has 0 radical (unpaired) electrons. The molecule has 1 heterocycles. The Bertz CT molecular complexity index is 641. The van der Waals surface area contributed by atoms with E-state index in [1.54, 1.807) is 31.5 Å². The molecule has 0 saturated carbocycles. The van der Waals surface area contributed by atoms with Gasteiger partial charge in [0.1, 0.15) is 11.5 Å². The first kappa shape index (κ1) is 15.3. The van der Waals surface area contributed by atoms with Gasteiger partial charge in [0.25, 0.3) is 0 Å². The third-order valence-corrected chi connectivity index (χ3v) is 2.92. The lowest BCUT2D eigenvalue weighted by Crippen LogP contribution is -1.98. The van der Waals surface area contributed by atoms with Crippen LogP contribution in [0, 0.1) is 0 Å². The lowest BCUT2D eigenvalue weighted by Gasteiger charge is -2.06. The summed E-state index contributed by atoms with van der Waals surface area (Å²) in [5.74, 6) is 0.934. The maximum atomic E-state index is 11.3. The van der Waals surface area contributed by atoms with Gasteiger partial charge in [0.2, 0.25) is 0 Å². The van der Waals surface area contributed by atoms with Crippen LogP contribution in [0.1, 0.15) is 12.5 Å². The lowest BCUT2D eigenvalue weighted by atomic mass is 10.2. The number of carbonyl (C=O) groups excluding carboxylic acids is 1. The molecule has 1 aromatic carbocycles. The third-order valence-electron chi connectivity index (χ3n) is 2.46. The molecule has 108 valence electrons. The van der Waals surface area contributed by atoms with Crippen LogP contribution in [-0.4, -0.2) is 17.6 Å². The van der Waals surface area contributed by atoms with E-state index < -0.39 is 0 Å². The molecule has 0 aliphatic rings. The summed E-state index contributed by atoms with van der Waals surface area (Å²) in [7, 11) is 0. The van der Waals surface area contributed by atoms with Crippen LogP contribution in [-0.2, 0) is 9.53 Å². The van der Waals surface area contributed by atoms with Crippen molar-refractivity contribution < 1.29 is 14.3 Å². The minimum Gasteiger partial charge on any atom is -0.463 e. The first-order valence-electron chi connectivity index (χ1n) is 6.40. The third kappa shape index (κ3) is 5.04. The zero-order chi connectivity index (χ0) is 15.1. The van der Waals surface area contributed by atoms with E-state index in [-0.39, 0.29) is 5.97 Å². The highest BCUT2D eigenvalue weighted by Crippen LogP contribution is 2.26. The second kappa shape index (κ2) is 7.59. The Morgan fingerprint density at radius 1 is 1.33 bits per heavy atom. The van der Waals surface area contributed by atoms with Crippen molar-refractivity contribution in [2.45, 2.75) is 6.92 Å². The van der Waals surface area contributed by atoms with Gasteiger partial charge in [-0.05, 0) is 48.9 Å². The van der Waals surface area contributed by atoms with Gasteiger partial charge < -0.3 is 9.47 Å². The molecule has 21 heavy (non-hydrogen) atoms. The first-order valence-corrected chi connectivity index (χ1v) is 7.20. The number of hydrogen-bond donors (Lipinski definition) is 0. The maximum Gasteiger partial charge on any atom is 0.330 e. The Morgan fingerprint density at radius 2 is 2.19 bits per heavy atom. The molecular formula is C16H14BrNO3. The van der Waals surface area contributed by atoms with Crippen molar-refractivity contribution >= 4 is 28.0 Å². The van der Waals surface area contributed by atoms with Crippen LogP contribution >= 0.6 is 15.9 Å². The number of rotatable bonds is 5. The molecule has 0 unspecified atom stereocenters. The normalized spacial score (nSPS) is 10.6. The number of ether oxygens (including phenoxy) is 2. The largest absolute Gasteiger partial charge is 0.463 e. The van der Waals surface area contributed by atoms with E-state index in [4.69, 9.17) is 9.47 Å². The Morgan fingerprint density at radius 3 is 2.90 bits per heavy atom. The molecule has 0 atom stereocenters. The van der Waals surface area contributed by atoms with Gasteiger partial charge in [-0.1, -0.05) is 15.9 Å². The first-order chi connectivity index (χ1) is 10.2. The molecule has 0 saturated heterocycles. The summed E-state index contributed by atoms with van der Waals surface area (Å²) >= 11 is 3.42. The Balaban J connectivity index is 2.15. The Labute approximate surface area is 131 Å². The molecule has 1 aromatic heterocycles. The molecular weight excluding hydrogens is 334 g/mol. The predicted octanol–water partition coefficient (Wildman–Crippen LogP) is 4.21. The van der Waals surface area contributed by atoms with Gasteiger partial charge in [-0.3, -0.25) is 4.98 Å². The van der Waals surface area contributed by atoms with E-state index in [1.165, 1.54) is 6.08 Å². The second-order valence-corrected chi connectivity index (χ2v) is 5.01. The highest BCUT2D eigenvalue weighted by Gasteiger charge is 2.02. The molecule has 2 rings (SSSR count). The van der Waals surface area contributed by atoms with E-state index in [2.05, 4.69) is 20.9 Å². The standard InChI is InChI=1S/C16H14BrNO3/c1-2-20-16(19)6-5-12-8-13(17)10-15(9-12)21-14-4-3-7-18-11-14/h3-11H,2H2,1H3. The molecule has 0 N–H and O–H groups in total. The molecule has 0 aliphatic heterocycles. The number of pyridine rings is 1. The molecule has 0 amide bonds. The average Bonchev–Trinajstić information content (AvgIpc) is 2.46. The maximum absolute atomic E-state index is 11.3. The Kier molecular flexibility index (Phi) is 5.51. The average molecular weight is 348 g/mol. The molecule has 2 aromatic rings. The van der Waals surface area contributed by atoms with Gasteiger partial charge in [-0.25, -0.2) is 4.79 Å². The van der Waals surface area contributed by atoms with Crippen LogP contribution in [0.2, 0.25) is 0 Å². The number of nitrogens with zero attached hydrogens (tertiary/aromatic N) is 1. The minimum absolute atomic E-state index is 0.358. The van der Waals surface area contributed by atoms with Crippen LogP contribution in [0.4, 0.5) is 0 Å². The fourth-order valence-corrected chi connectivity index (χ4v) is 2.13. The van der Waals surface area contributed by atoms with Crippen molar-refractivity contribution in [3.8, 4) is 11.5 Å². The van der Waals surface area contributed by atoms with Crippen LogP contribution in [0.25, 0.3) is 6.08 Å². The van der Waals surface area contributed by atoms with Crippen molar-refractivity contribution in [3.05, 3.63) is 58.8 Å². The number of esters is 1. The van der Waals surface area contributed by atoms with Gasteiger partial charge in [0.15, 0.2) is 0 Å². The number of hydrogen-bond acceptors (Lipinski definition) is 4. The number of aromatic nitrogens is 1. The van der Waals surface area contributed by atoms with Gasteiger partial charge in [-0.15, -0.1) is 0 Å². The van der Waals surface area contributed by atoms with E-state index >= 15 is 0 Å².